The first-order chi connectivity index (χ1) is 10.4. The van der Waals surface area contributed by atoms with Gasteiger partial charge in [-0.05, 0) is 6.42 Å². The molecule has 0 atom stereocenters. The molecule has 1 aliphatic carbocycles. The van der Waals surface area contributed by atoms with Crippen LogP contribution < -0.4 is 24.8 Å². The SMILES string of the molecule is OCC[c-]1cccc1.[Cl-].[Cl-].[Zr+4].[c-]1cccc2c1Cc1ccccc1-2. The predicted molar refractivity (Wildman–Crippen MR) is 86.3 cm³/mol. The maximum Gasteiger partial charge on any atom is 4.00 e. The molecule has 0 radical (unpaired) electrons. The Labute approximate surface area is 175 Å². The average molecular weight is 436 g/mol. The Morgan fingerprint density at radius 2 is 1.58 bits per heavy atom. The van der Waals surface area contributed by atoms with Gasteiger partial charge in [-0.2, -0.15) is 47.5 Å². The van der Waals surface area contributed by atoms with Gasteiger partial charge in [0.25, 0.3) is 0 Å². The van der Waals surface area contributed by atoms with Gasteiger partial charge < -0.3 is 29.9 Å². The second kappa shape index (κ2) is 11.7. The smallest absolute Gasteiger partial charge is 1.00 e. The summed E-state index contributed by atoms with van der Waals surface area (Å²) in [6, 6.07) is 26.1. The molecular formula is C20H18Cl2OZr. The van der Waals surface area contributed by atoms with Crippen LogP contribution in [0.5, 0.6) is 0 Å². The van der Waals surface area contributed by atoms with Gasteiger partial charge in [-0.3, -0.25) is 0 Å². The Kier molecular flexibility index (Phi) is 11.3. The zero-order chi connectivity index (χ0) is 14.5. The van der Waals surface area contributed by atoms with Crippen molar-refractivity contribution in [2.75, 3.05) is 6.61 Å². The van der Waals surface area contributed by atoms with Crippen LogP contribution in [0.4, 0.5) is 0 Å². The zero-order valence-electron chi connectivity index (χ0n) is 13.2. The number of hydrogen-bond acceptors (Lipinski definition) is 1. The summed E-state index contributed by atoms with van der Waals surface area (Å²) >= 11 is 0. The Hall–Kier alpha value is -0.787. The molecule has 3 aromatic carbocycles. The molecule has 24 heavy (non-hydrogen) atoms. The van der Waals surface area contributed by atoms with Crippen molar-refractivity contribution >= 4 is 0 Å². The number of aliphatic hydroxyl groups is 1. The van der Waals surface area contributed by atoms with Gasteiger partial charge >= 0.3 is 26.2 Å². The molecule has 4 rings (SSSR count). The normalized spacial score (nSPS) is 9.88. The fourth-order valence-electron chi connectivity index (χ4n) is 2.71. The number of fused-ring (bicyclic) bond motifs is 3. The van der Waals surface area contributed by atoms with E-state index in [1.807, 2.05) is 30.3 Å². The molecule has 4 heteroatoms. The molecule has 1 aliphatic rings. The summed E-state index contributed by atoms with van der Waals surface area (Å²) in [5.74, 6) is 0. The van der Waals surface area contributed by atoms with Crippen LogP contribution in [0.1, 0.15) is 16.7 Å². The van der Waals surface area contributed by atoms with Crippen molar-refractivity contribution < 1.29 is 56.1 Å². The third-order valence-electron chi connectivity index (χ3n) is 3.75. The number of benzene rings is 2. The topological polar surface area (TPSA) is 20.2 Å². The number of halogens is 2. The molecule has 1 nitrogen and oxygen atoms in total. The van der Waals surface area contributed by atoms with Crippen molar-refractivity contribution in [3.63, 3.8) is 0 Å². The zero-order valence-corrected chi connectivity index (χ0v) is 17.1. The van der Waals surface area contributed by atoms with E-state index in [1.165, 1.54) is 27.8 Å². The Morgan fingerprint density at radius 1 is 0.917 bits per heavy atom. The van der Waals surface area contributed by atoms with Crippen LogP contribution >= 0.6 is 0 Å². The second-order valence-electron chi connectivity index (χ2n) is 5.16. The van der Waals surface area contributed by atoms with Crippen LogP contribution in [0, 0.1) is 6.07 Å². The van der Waals surface area contributed by atoms with Crippen LogP contribution in [-0.4, -0.2) is 11.7 Å². The molecular weight excluding hydrogens is 418 g/mol. The van der Waals surface area contributed by atoms with Gasteiger partial charge in [-0.25, -0.2) is 12.1 Å². The largest absolute Gasteiger partial charge is 4.00 e. The van der Waals surface area contributed by atoms with Gasteiger partial charge in [0.2, 0.25) is 0 Å². The van der Waals surface area contributed by atoms with Gasteiger partial charge in [0.1, 0.15) is 0 Å². The quantitative estimate of drug-likeness (QED) is 0.361. The van der Waals surface area contributed by atoms with E-state index in [-0.39, 0.29) is 57.6 Å². The summed E-state index contributed by atoms with van der Waals surface area (Å²) in [5, 5.41) is 8.44. The maximum absolute atomic E-state index is 8.44. The molecule has 0 saturated carbocycles. The molecule has 0 amide bonds. The molecule has 0 saturated heterocycles. The van der Waals surface area contributed by atoms with Gasteiger partial charge in [-0.1, -0.05) is 41.8 Å². The molecule has 0 fully saturated rings. The van der Waals surface area contributed by atoms with E-state index in [2.05, 4.69) is 42.5 Å². The molecule has 122 valence electrons. The summed E-state index contributed by atoms with van der Waals surface area (Å²) < 4.78 is 0. The standard InChI is InChI=1S/C13H9.C7H9O.2ClH.Zr/c1-3-7-12-10(5-1)9-11-6-2-4-8-13(11)12;8-6-5-7-3-1-2-4-7;;;/h1-5,7-8H,9H2;1-4,8H,5-6H2;2*1H;/q2*-1;;;+4/p-2. The van der Waals surface area contributed by atoms with E-state index in [9.17, 15) is 0 Å². The Morgan fingerprint density at radius 3 is 2.29 bits per heavy atom. The van der Waals surface area contributed by atoms with Crippen LogP contribution in [0.15, 0.2) is 66.7 Å². The van der Waals surface area contributed by atoms with Crippen molar-refractivity contribution in [1.29, 1.82) is 0 Å². The van der Waals surface area contributed by atoms with Gasteiger partial charge in [0.15, 0.2) is 0 Å². The van der Waals surface area contributed by atoms with E-state index in [0.717, 1.165) is 12.8 Å². The molecule has 0 heterocycles. The number of hydrogen-bond donors (Lipinski definition) is 1. The van der Waals surface area contributed by atoms with Gasteiger partial charge in [0.05, 0.1) is 0 Å². The summed E-state index contributed by atoms with van der Waals surface area (Å²) in [6.45, 7) is 0.254. The van der Waals surface area contributed by atoms with Gasteiger partial charge in [0, 0.05) is 6.61 Å². The summed E-state index contributed by atoms with van der Waals surface area (Å²) in [6.07, 6.45) is 1.83. The second-order valence-corrected chi connectivity index (χ2v) is 5.16. The Balaban J connectivity index is 0.000000429. The first-order valence-corrected chi connectivity index (χ1v) is 7.28. The monoisotopic (exact) mass is 434 g/mol. The molecule has 1 N–H and O–H groups in total. The number of rotatable bonds is 2. The van der Waals surface area contributed by atoms with E-state index < -0.39 is 0 Å². The summed E-state index contributed by atoms with van der Waals surface area (Å²) in [5.41, 5.74) is 6.73. The van der Waals surface area contributed by atoms with Crippen molar-refractivity contribution in [3.8, 4) is 11.1 Å². The Bertz CT molecular complexity index is 668. The van der Waals surface area contributed by atoms with E-state index in [0.29, 0.717) is 0 Å². The minimum atomic E-state index is 0. The van der Waals surface area contributed by atoms with Crippen LogP contribution in [-0.2, 0) is 39.0 Å². The third kappa shape index (κ3) is 5.64. The minimum absolute atomic E-state index is 0. The van der Waals surface area contributed by atoms with Crippen molar-refractivity contribution in [3.05, 3.63) is 89.5 Å². The fourth-order valence-corrected chi connectivity index (χ4v) is 2.71. The molecule has 0 aliphatic heterocycles. The van der Waals surface area contributed by atoms with Gasteiger partial charge in [-0.15, -0.1) is 5.56 Å². The predicted octanol–water partition coefficient (Wildman–Crippen LogP) is -2.00. The van der Waals surface area contributed by atoms with Crippen molar-refractivity contribution in [1.82, 2.24) is 0 Å². The molecule has 0 aromatic heterocycles. The molecule has 0 bridgehead atoms. The maximum atomic E-state index is 8.44. The van der Waals surface area contributed by atoms with Crippen LogP contribution in [0.3, 0.4) is 0 Å². The first kappa shape index (κ1) is 23.2. The minimum Gasteiger partial charge on any atom is -1.00 e. The molecule has 0 spiro atoms. The van der Waals surface area contributed by atoms with Crippen LogP contribution in [0.25, 0.3) is 11.1 Å². The van der Waals surface area contributed by atoms with Crippen molar-refractivity contribution in [2.45, 2.75) is 12.8 Å². The van der Waals surface area contributed by atoms with Crippen LogP contribution in [0.2, 0.25) is 0 Å². The molecule has 3 aromatic rings. The average Bonchev–Trinajstić information content (AvgIpc) is 3.15. The number of aliphatic hydroxyl groups excluding tert-OH is 1. The summed E-state index contributed by atoms with van der Waals surface area (Å²) in [7, 11) is 0. The van der Waals surface area contributed by atoms with E-state index in [4.69, 9.17) is 5.11 Å². The van der Waals surface area contributed by atoms with E-state index in [1.54, 1.807) is 0 Å². The van der Waals surface area contributed by atoms with Crippen molar-refractivity contribution in [2.24, 2.45) is 0 Å². The molecule has 0 unspecified atom stereocenters. The fraction of sp³-hybridized carbons (Fsp3) is 0.150. The van der Waals surface area contributed by atoms with E-state index >= 15 is 0 Å². The first-order valence-electron chi connectivity index (χ1n) is 7.28. The third-order valence-corrected chi connectivity index (χ3v) is 3.75. The summed E-state index contributed by atoms with van der Waals surface area (Å²) in [4.78, 5) is 0.